The fraction of sp³-hybridized carbons (Fsp3) is 0.455. The van der Waals surface area contributed by atoms with E-state index < -0.39 is 0 Å². The molecule has 0 amide bonds. The van der Waals surface area contributed by atoms with Crippen LogP contribution in [-0.4, -0.2) is 6.29 Å². The van der Waals surface area contributed by atoms with Crippen LogP contribution in [0, 0.1) is 0 Å². The van der Waals surface area contributed by atoms with Crippen molar-refractivity contribution >= 4 is 0 Å². The molecule has 2 aliphatic heterocycles. The van der Waals surface area contributed by atoms with Crippen molar-refractivity contribution < 1.29 is 14.5 Å². The second-order valence-electron chi connectivity index (χ2n) is 4.30. The average Bonchev–Trinajstić information content (AvgIpc) is 2.63. The third kappa shape index (κ3) is 0.919. The number of rotatable bonds is 0. The molecule has 0 saturated carbocycles. The van der Waals surface area contributed by atoms with Crippen LogP contribution in [0.2, 0.25) is 0 Å². The molecule has 0 unspecified atom stereocenters. The lowest BCUT2D eigenvalue weighted by Crippen LogP contribution is -2.38. The smallest absolute Gasteiger partial charge is 0.220 e. The maximum absolute atomic E-state index is 5.59. The molecule has 3 rings (SSSR count). The van der Waals surface area contributed by atoms with E-state index in [0.717, 1.165) is 5.56 Å². The summed E-state index contributed by atoms with van der Waals surface area (Å²) < 4.78 is 5.59. The van der Waals surface area contributed by atoms with E-state index in [1.54, 1.807) is 0 Å². The molecule has 1 saturated heterocycles. The summed E-state index contributed by atoms with van der Waals surface area (Å²) in [5.41, 5.74) is 2.17. The van der Waals surface area contributed by atoms with Crippen molar-refractivity contribution in [2.75, 3.05) is 0 Å². The zero-order chi connectivity index (χ0) is 9.76. The minimum absolute atomic E-state index is 0.149. The molecule has 3 nitrogen and oxygen atoms in total. The largest absolute Gasteiger partial charge is 0.312 e. The molecule has 0 N–H and O–H groups in total. The molecule has 14 heavy (non-hydrogen) atoms. The quantitative estimate of drug-likeness (QED) is 0.590. The summed E-state index contributed by atoms with van der Waals surface area (Å²) >= 11 is 0. The van der Waals surface area contributed by atoms with Gasteiger partial charge >= 0.3 is 0 Å². The van der Waals surface area contributed by atoms with Crippen molar-refractivity contribution in [3.8, 4) is 0 Å². The van der Waals surface area contributed by atoms with Gasteiger partial charge in [-0.2, -0.15) is 4.89 Å². The second-order valence-corrected chi connectivity index (χ2v) is 4.30. The topological polar surface area (TPSA) is 27.7 Å². The lowest BCUT2D eigenvalue weighted by Gasteiger charge is -2.34. The van der Waals surface area contributed by atoms with E-state index in [4.69, 9.17) is 14.5 Å². The molecule has 1 fully saturated rings. The zero-order valence-corrected chi connectivity index (χ0v) is 8.19. The van der Waals surface area contributed by atoms with Crippen LogP contribution in [0.5, 0.6) is 0 Å². The lowest BCUT2D eigenvalue weighted by molar-refractivity contribution is -0.302. The van der Waals surface area contributed by atoms with Crippen LogP contribution in [0.4, 0.5) is 0 Å². The van der Waals surface area contributed by atoms with Gasteiger partial charge in [-0.1, -0.05) is 38.1 Å². The van der Waals surface area contributed by atoms with Gasteiger partial charge in [-0.25, -0.2) is 4.89 Å². The maximum Gasteiger partial charge on any atom is 0.220 e. The molecule has 0 radical (unpaired) electrons. The van der Waals surface area contributed by atoms with Crippen LogP contribution in [0.3, 0.4) is 0 Å². The molecular formula is C11H12O3. The van der Waals surface area contributed by atoms with Gasteiger partial charge < -0.3 is 4.74 Å². The van der Waals surface area contributed by atoms with E-state index >= 15 is 0 Å². The van der Waals surface area contributed by atoms with Gasteiger partial charge in [0, 0.05) is 11.0 Å². The SMILES string of the molecule is CC1(C)c2ccccc2[C@@H]2OO[C@H]1O2. The standard InChI is InChI=1S/C11H12O3/c1-11(2)8-6-4-3-5-7(8)9-12-10(11)14-13-9/h3-6,9-10H,1-2H3/t9-,10+/m0/s1. The highest BCUT2D eigenvalue weighted by molar-refractivity contribution is 5.37. The molecular weight excluding hydrogens is 180 g/mol. The summed E-state index contributed by atoms with van der Waals surface area (Å²) in [5, 5.41) is 0. The van der Waals surface area contributed by atoms with Crippen molar-refractivity contribution in [2.24, 2.45) is 0 Å². The van der Waals surface area contributed by atoms with E-state index in [2.05, 4.69) is 19.9 Å². The third-order valence-corrected chi connectivity index (χ3v) is 2.98. The van der Waals surface area contributed by atoms with Gasteiger partial charge in [-0.15, -0.1) is 0 Å². The van der Waals surface area contributed by atoms with Crippen LogP contribution in [-0.2, 0) is 19.9 Å². The summed E-state index contributed by atoms with van der Waals surface area (Å²) in [7, 11) is 0. The second kappa shape index (κ2) is 2.57. The Morgan fingerprint density at radius 1 is 1.14 bits per heavy atom. The zero-order valence-electron chi connectivity index (χ0n) is 8.19. The number of fused-ring (bicyclic) bond motifs is 4. The first-order chi connectivity index (χ1) is 6.69. The predicted octanol–water partition coefficient (Wildman–Crippen LogP) is 2.28. The molecule has 3 heteroatoms. The van der Waals surface area contributed by atoms with Crippen molar-refractivity contribution in [3.05, 3.63) is 35.4 Å². The Bertz CT molecular complexity index is 373. The highest BCUT2D eigenvalue weighted by atomic mass is 17.3. The highest BCUT2D eigenvalue weighted by Gasteiger charge is 2.48. The van der Waals surface area contributed by atoms with Gasteiger partial charge in [0.1, 0.15) is 0 Å². The normalized spacial score (nSPS) is 32.7. The fourth-order valence-corrected chi connectivity index (χ4v) is 2.09. The van der Waals surface area contributed by atoms with Gasteiger partial charge in [0.15, 0.2) is 0 Å². The fourth-order valence-electron chi connectivity index (χ4n) is 2.09. The van der Waals surface area contributed by atoms with Gasteiger partial charge in [0.25, 0.3) is 0 Å². The molecule has 0 spiro atoms. The summed E-state index contributed by atoms with van der Waals surface area (Å²) in [4.78, 5) is 10.3. The van der Waals surface area contributed by atoms with Crippen molar-refractivity contribution in [1.29, 1.82) is 0 Å². The number of benzene rings is 1. The van der Waals surface area contributed by atoms with E-state index in [1.807, 2.05) is 18.2 Å². The van der Waals surface area contributed by atoms with E-state index in [1.165, 1.54) is 5.56 Å². The lowest BCUT2D eigenvalue weighted by atomic mass is 9.79. The molecule has 74 valence electrons. The first-order valence-electron chi connectivity index (χ1n) is 4.76. The van der Waals surface area contributed by atoms with E-state index in [9.17, 15) is 0 Å². The molecule has 2 bridgehead atoms. The Balaban J connectivity index is 2.22. The number of hydrogen-bond acceptors (Lipinski definition) is 3. The van der Waals surface area contributed by atoms with Gasteiger partial charge in [-0.3, -0.25) is 0 Å². The van der Waals surface area contributed by atoms with Crippen molar-refractivity contribution in [1.82, 2.24) is 0 Å². The van der Waals surface area contributed by atoms with Crippen LogP contribution in [0.15, 0.2) is 24.3 Å². The van der Waals surface area contributed by atoms with Crippen molar-refractivity contribution in [3.63, 3.8) is 0 Å². The van der Waals surface area contributed by atoms with Crippen LogP contribution < -0.4 is 0 Å². The first-order valence-corrected chi connectivity index (χ1v) is 4.76. The van der Waals surface area contributed by atoms with E-state index in [0.29, 0.717) is 0 Å². The maximum atomic E-state index is 5.59. The van der Waals surface area contributed by atoms with Crippen molar-refractivity contribution in [2.45, 2.75) is 31.8 Å². The highest BCUT2D eigenvalue weighted by Crippen LogP contribution is 2.46. The number of ether oxygens (including phenoxy) is 1. The number of hydrogen-bond donors (Lipinski definition) is 0. The van der Waals surface area contributed by atoms with Crippen LogP contribution >= 0.6 is 0 Å². The summed E-state index contributed by atoms with van der Waals surface area (Å²) in [5.74, 6) is 0. The molecule has 1 aromatic carbocycles. The monoisotopic (exact) mass is 192 g/mol. The predicted molar refractivity (Wildman–Crippen MR) is 49.3 cm³/mol. The van der Waals surface area contributed by atoms with Gasteiger partial charge in [0.2, 0.25) is 12.6 Å². The Hall–Kier alpha value is -0.900. The molecule has 0 aromatic heterocycles. The molecule has 2 aliphatic rings. The van der Waals surface area contributed by atoms with Gasteiger partial charge in [0.05, 0.1) is 0 Å². The third-order valence-electron chi connectivity index (χ3n) is 2.98. The summed E-state index contributed by atoms with van der Waals surface area (Å²) in [6.45, 7) is 4.20. The molecule has 0 aliphatic carbocycles. The average molecular weight is 192 g/mol. The summed E-state index contributed by atoms with van der Waals surface area (Å²) in [6, 6.07) is 8.15. The Labute approximate surface area is 82.5 Å². The molecule has 1 aromatic rings. The van der Waals surface area contributed by atoms with E-state index in [-0.39, 0.29) is 18.0 Å². The molecule has 2 heterocycles. The molecule has 2 atom stereocenters. The van der Waals surface area contributed by atoms with Crippen LogP contribution in [0.1, 0.15) is 31.3 Å². The summed E-state index contributed by atoms with van der Waals surface area (Å²) in [6.07, 6.45) is -0.633. The Kier molecular flexibility index (Phi) is 1.54. The Morgan fingerprint density at radius 2 is 1.93 bits per heavy atom. The minimum atomic E-state index is -0.343. The van der Waals surface area contributed by atoms with Crippen LogP contribution in [0.25, 0.3) is 0 Å². The first kappa shape index (κ1) is 8.41. The minimum Gasteiger partial charge on any atom is -0.312 e. The van der Waals surface area contributed by atoms with Gasteiger partial charge in [-0.05, 0) is 5.56 Å². The Morgan fingerprint density at radius 3 is 2.79 bits per heavy atom.